The number of nitrogens with one attached hydrogen (secondary N) is 1. The Morgan fingerprint density at radius 3 is 3.12 bits per heavy atom. The summed E-state index contributed by atoms with van der Waals surface area (Å²) in [5.74, 6) is 0.334. The highest BCUT2D eigenvalue weighted by Gasteiger charge is 2.29. The molecule has 24 heavy (non-hydrogen) atoms. The molecule has 1 amide bonds. The molecule has 7 heteroatoms. The predicted octanol–water partition coefficient (Wildman–Crippen LogP) is 1.29. The minimum absolute atomic E-state index is 0.0285. The lowest BCUT2D eigenvalue weighted by atomic mass is 9.98. The van der Waals surface area contributed by atoms with E-state index in [-0.39, 0.29) is 24.7 Å². The highest BCUT2D eigenvalue weighted by atomic mass is 16.5. The van der Waals surface area contributed by atoms with Crippen LogP contribution in [0.25, 0.3) is 0 Å². The van der Waals surface area contributed by atoms with Crippen LogP contribution in [-0.2, 0) is 25.5 Å². The molecule has 2 saturated heterocycles. The zero-order chi connectivity index (χ0) is 16.8. The average Bonchev–Trinajstić information content (AvgIpc) is 3.27. The lowest BCUT2D eigenvalue weighted by Gasteiger charge is -2.31. The van der Waals surface area contributed by atoms with Crippen LogP contribution in [0.2, 0.25) is 0 Å². The monoisotopic (exact) mass is 337 g/mol. The number of hydrogen-bond donors (Lipinski definition) is 1. The summed E-state index contributed by atoms with van der Waals surface area (Å²) in [5, 5.41) is 7.37. The standard InChI is InChI=1S/C17H27N3O4/c1-2-20-9-14(8-18-20)17-15(4-3-6-24-17)19-16(21)12-23-11-13-5-7-22-10-13/h8-9,13,15,17H,2-7,10-12H2,1H3,(H,19,21)/t13?,15-,17+/m0/s1. The molecule has 0 aliphatic carbocycles. The van der Waals surface area contributed by atoms with Crippen molar-refractivity contribution in [1.29, 1.82) is 0 Å². The van der Waals surface area contributed by atoms with Crippen molar-refractivity contribution in [3.8, 4) is 0 Å². The SMILES string of the molecule is CCn1cc([C@H]2OCCC[C@@H]2NC(=O)COCC2CCOC2)cn1. The van der Waals surface area contributed by atoms with Crippen molar-refractivity contribution < 1.29 is 19.0 Å². The van der Waals surface area contributed by atoms with E-state index in [1.54, 1.807) is 0 Å². The van der Waals surface area contributed by atoms with Gasteiger partial charge in [0.05, 0.1) is 25.5 Å². The second kappa shape index (κ2) is 8.60. The van der Waals surface area contributed by atoms with Gasteiger partial charge >= 0.3 is 0 Å². The first-order valence-corrected chi connectivity index (χ1v) is 8.85. The summed E-state index contributed by atoms with van der Waals surface area (Å²) >= 11 is 0. The Morgan fingerprint density at radius 1 is 1.46 bits per heavy atom. The molecule has 3 atom stereocenters. The van der Waals surface area contributed by atoms with Crippen LogP contribution in [0.4, 0.5) is 0 Å². The van der Waals surface area contributed by atoms with Gasteiger partial charge < -0.3 is 19.5 Å². The number of rotatable bonds is 7. The summed E-state index contributed by atoms with van der Waals surface area (Å²) in [4.78, 5) is 12.2. The first-order chi connectivity index (χ1) is 11.8. The molecule has 1 aromatic heterocycles. The van der Waals surface area contributed by atoms with Gasteiger partial charge in [-0.1, -0.05) is 0 Å². The summed E-state index contributed by atoms with van der Waals surface area (Å²) < 4.78 is 18.6. The van der Waals surface area contributed by atoms with E-state index in [1.807, 2.05) is 24.0 Å². The van der Waals surface area contributed by atoms with Gasteiger partial charge in [0, 0.05) is 37.4 Å². The van der Waals surface area contributed by atoms with Crippen molar-refractivity contribution in [1.82, 2.24) is 15.1 Å². The van der Waals surface area contributed by atoms with Gasteiger partial charge in [-0.3, -0.25) is 9.48 Å². The minimum Gasteiger partial charge on any atom is -0.381 e. The molecule has 1 N–H and O–H groups in total. The summed E-state index contributed by atoms with van der Waals surface area (Å²) in [6.07, 6.45) is 6.56. The summed E-state index contributed by atoms with van der Waals surface area (Å²) in [6, 6.07) is -0.0285. The molecule has 1 aromatic rings. The Kier molecular flexibility index (Phi) is 6.23. The van der Waals surface area contributed by atoms with E-state index in [2.05, 4.69) is 10.4 Å². The van der Waals surface area contributed by atoms with Gasteiger partial charge in [-0.2, -0.15) is 5.10 Å². The van der Waals surface area contributed by atoms with E-state index in [0.29, 0.717) is 19.1 Å². The van der Waals surface area contributed by atoms with Crippen molar-refractivity contribution in [3.63, 3.8) is 0 Å². The second-order valence-electron chi connectivity index (χ2n) is 6.48. The molecule has 3 rings (SSSR count). The Balaban J connectivity index is 1.48. The van der Waals surface area contributed by atoms with Gasteiger partial charge in [-0.15, -0.1) is 0 Å². The number of amides is 1. The number of carbonyl (C=O) groups excluding carboxylic acids is 1. The maximum atomic E-state index is 12.2. The van der Waals surface area contributed by atoms with Crippen LogP contribution in [0.5, 0.6) is 0 Å². The van der Waals surface area contributed by atoms with Crippen molar-refractivity contribution in [2.24, 2.45) is 5.92 Å². The number of hydrogen-bond acceptors (Lipinski definition) is 5. The van der Waals surface area contributed by atoms with Gasteiger partial charge in [0.15, 0.2) is 0 Å². The molecular weight excluding hydrogens is 310 g/mol. The van der Waals surface area contributed by atoms with E-state index >= 15 is 0 Å². The summed E-state index contributed by atoms with van der Waals surface area (Å²) in [5.41, 5.74) is 1.02. The quantitative estimate of drug-likeness (QED) is 0.811. The fourth-order valence-electron chi connectivity index (χ4n) is 3.24. The molecule has 1 unspecified atom stereocenters. The zero-order valence-corrected chi connectivity index (χ0v) is 14.3. The predicted molar refractivity (Wildman–Crippen MR) is 87.5 cm³/mol. The second-order valence-corrected chi connectivity index (χ2v) is 6.48. The number of aryl methyl sites for hydroxylation is 1. The maximum Gasteiger partial charge on any atom is 0.246 e. The lowest BCUT2D eigenvalue weighted by Crippen LogP contribution is -2.44. The number of nitrogens with zero attached hydrogens (tertiary/aromatic N) is 2. The third kappa shape index (κ3) is 4.55. The molecule has 2 aliphatic rings. The zero-order valence-electron chi connectivity index (χ0n) is 14.3. The van der Waals surface area contributed by atoms with Crippen molar-refractivity contribution in [2.45, 2.75) is 44.9 Å². The van der Waals surface area contributed by atoms with E-state index < -0.39 is 0 Å². The smallest absolute Gasteiger partial charge is 0.246 e. The van der Waals surface area contributed by atoms with Crippen LogP contribution in [-0.4, -0.2) is 54.8 Å². The van der Waals surface area contributed by atoms with Crippen LogP contribution in [0.3, 0.4) is 0 Å². The van der Waals surface area contributed by atoms with E-state index in [9.17, 15) is 4.79 Å². The largest absolute Gasteiger partial charge is 0.381 e. The van der Waals surface area contributed by atoms with Crippen molar-refractivity contribution in [2.75, 3.05) is 33.0 Å². The van der Waals surface area contributed by atoms with Gasteiger partial charge in [0.1, 0.15) is 12.7 Å². The normalized spacial score (nSPS) is 27.3. The third-order valence-electron chi connectivity index (χ3n) is 4.59. The molecule has 7 nitrogen and oxygen atoms in total. The highest BCUT2D eigenvalue weighted by molar-refractivity contribution is 5.77. The molecule has 3 heterocycles. The molecular formula is C17H27N3O4. The van der Waals surface area contributed by atoms with Gasteiger partial charge in [-0.25, -0.2) is 0 Å². The van der Waals surface area contributed by atoms with Crippen molar-refractivity contribution >= 4 is 5.91 Å². The number of aromatic nitrogens is 2. The lowest BCUT2D eigenvalue weighted by molar-refractivity contribution is -0.129. The Labute approximate surface area is 142 Å². The molecule has 0 radical (unpaired) electrons. The third-order valence-corrected chi connectivity index (χ3v) is 4.59. The molecule has 0 saturated carbocycles. The molecule has 0 spiro atoms. The summed E-state index contributed by atoms with van der Waals surface area (Å²) in [7, 11) is 0. The van der Waals surface area contributed by atoms with Crippen LogP contribution >= 0.6 is 0 Å². The van der Waals surface area contributed by atoms with Crippen molar-refractivity contribution in [3.05, 3.63) is 18.0 Å². The fourth-order valence-corrected chi connectivity index (χ4v) is 3.24. The first kappa shape index (κ1) is 17.4. The maximum absolute atomic E-state index is 12.2. The Bertz CT molecular complexity index is 528. The fraction of sp³-hybridized carbons (Fsp3) is 0.765. The Hall–Kier alpha value is -1.44. The van der Waals surface area contributed by atoms with E-state index in [0.717, 1.165) is 44.6 Å². The minimum atomic E-state index is -0.133. The van der Waals surface area contributed by atoms with Crippen LogP contribution in [0.15, 0.2) is 12.4 Å². The number of carbonyl (C=O) groups is 1. The molecule has 2 fully saturated rings. The van der Waals surface area contributed by atoms with E-state index in [4.69, 9.17) is 14.2 Å². The van der Waals surface area contributed by atoms with Gasteiger partial charge in [-0.05, 0) is 26.2 Å². The summed E-state index contributed by atoms with van der Waals surface area (Å²) in [6.45, 7) is 5.79. The van der Waals surface area contributed by atoms with Gasteiger partial charge in [0.25, 0.3) is 0 Å². The molecule has 0 bridgehead atoms. The topological polar surface area (TPSA) is 74.6 Å². The van der Waals surface area contributed by atoms with Crippen LogP contribution in [0, 0.1) is 5.92 Å². The van der Waals surface area contributed by atoms with Gasteiger partial charge in [0.2, 0.25) is 5.91 Å². The number of ether oxygens (including phenoxy) is 3. The highest BCUT2D eigenvalue weighted by Crippen LogP contribution is 2.28. The van der Waals surface area contributed by atoms with E-state index in [1.165, 1.54) is 0 Å². The molecule has 2 aliphatic heterocycles. The Morgan fingerprint density at radius 2 is 2.38 bits per heavy atom. The van der Waals surface area contributed by atoms with Crippen LogP contribution < -0.4 is 5.32 Å². The van der Waals surface area contributed by atoms with Crippen LogP contribution in [0.1, 0.15) is 37.9 Å². The molecule has 134 valence electrons. The molecule has 0 aromatic carbocycles. The first-order valence-electron chi connectivity index (χ1n) is 8.85. The average molecular weight is 337 g/mol.